The maximum Gasteiger partial charge on any atom is 0.256 e. The predicted molar refractivity (Wildman–Crippen MR) is 110 cm³/mol. The van der Waals surface area contributed by atoms with E-state index in [1.165, 1.54) is 21.6 Å². The number of rotatable bonds is 4. The van der Waals surface area contributed by atoms with Crippen molar-refractivity contribution in [1.29, 1.82) is 0 Å². The van der Waals surface area contributed by atoms with Gasteiger partial charge >= 0.3 is 0 Å². The highest BCUT2D eigenvalue weighted by Gasteiger charge is 2.12. The van der Waals surface area contributed by atoms with Crippen LogP contribution in [-0.4, -0.2) is 32.1 Å². The number of nitrogens with one attached hydrogen (secondary N) is 3. The summed E-state index contributed by atoms with van der Waals surface area (Å²) < 4.78 is 0. The summed E-state index contributed by atoms with van der Waals surface area (Å²) in [6.07, 6.45) is 6.53. The van der Waals surface area contributed by atoms with Gasteiger partial charge in [-0.15, -0.1) is 11.3 Å². The van der Waals surface area contributed by atoms with E-state index in [4.69, 9.17) is 0 Å². The average molecular weight is 366 g/mol. The van der Waals surface area contributed by atoms with Crippen LogP contribution >= 0.6 is 11.3 Å². The van der Waals surface area contributed by atoms with Crippen molar-refractivity contribution in [3.8, 4) is 0 Å². The van der Waals surface area contributed by atoms with E-state index >= 15 is 0 Å². The molecular weight excluding hydrogens is 342 g/mol. The van der Waals surface area contributed by atoms with Crippen LogP contribution in [0.5, 0.6) is 0 Å². The van der Waals surface area contributed by atoms with Crippen molar-refractivity contribution < 1.29 is 4.79 Å². The van der Waals surface area contributed by atoms with Crippen molar-refractivity contribution in [3.63, 3.8) is 0 Å². The van der Waals surface area contributed by atoms with E-state index < -0.39 is 0 Å². The highest BCUT2D eigenvalue weighted by atomic mass is 32.1. The Hall–Kier alpha value is -2.21. The Balaban J connectivity index is 1.42. The Bertz CT molecular complexity index is 848. The second kappa shape index (κ2) is 7.99. The molecule has 2 aliphatic rings. The number of carbonyl (C=O) groups is 1. The molecule has 26 heavy (non-hydrogen) atoms. The zero-order valence-electron chi connectivity index (χ0n) is 14.7. The van der Waals surface area contributed by atoms with Gasteiger partial charge in [-0.05, 0) is 66.9 Å². The Morgan fingerprint density at radius 3 is 2.23 bits per heavy atom. The smallest absolute Gasteiger partial charge is 0.256 e. The number of hydrogen-bond donors (Lipinski definition) is 3. The first-order valence-electron chi connectivity index (χ1n) is 9.11. The van der Waals surface area contributed by atoms with Crippen molar-refractivity contribution in [1.82, 2.24) is 10.6 Å². The SMILES string of the molecule is O=C(Nc1ccc(C2=CCNCC2)s1)c1ccc(C2=CCNCC2)cc1. The van der Waals surface area contributed by atoms with Gasteiger partial charge in [-0.3, -0.25) is 4.79 Å². The molecule has 3 N–H and O–H groups in total. The summed E-state index contributed by atoms with van der Waals surface area (Å²) in [5.74, 6) is -0.0523. The van der Waals surface area contributed by atoms with Crippen LogP contribution in [0.4, 0.5) is 5.00 Å². The van der Waals surface area contributed by atoms with E-state index in [0.717, 1.165) is 44.0 Å². The maximum atomic E-state index is 12.5. The molecule has 0 aliphatic carbocycles. The molecule has 0 unspecified atom stereocenters. The molecule has 3 heterocycles. The average Bonchev–Trinajstić information content (AvgIpc) is 3.18. The van der Waals surface area contributed by atoms with Gasteiger partial charge in [0.15, 0.2) is 0 Å². The zero-order valence-corrected chi connectivity index (χ0v) is 15.5. The topological polar surface area (TPSA) is 53.2 Å². The summed E-state index contributed by atoms with van der Waals surface area (Å²) >= 11 is 1.64. The normalized spacial score (nSPS) is 17.4. The lowest BCUT2D eigenvalue weighted by atomic mass is 9.99. The molecule has 4 rings (SSSR count). The molecular formula is C21H23N3OS. The van der Waals surface area contributed by atoms with Gasteiger partial charge in [0, 0.05) is 23.5 Å². The van der Waals surface area contributed by atoms with Crippen LogP contribution in [0.15, 0.2) is 48.6 Å². The predicted octanol–water partition coefficient (Wildman–Crippen LogP) is 3.75. The quantitative estimate of drug-likeness (QED) is 0.773. The Kier molecular flexibility index (Phi) is 5.29. The second-order valence-corrected chi connectivity index (χ2v) is 7.65. The maximum absolute atomic E-state index is 12.5. The van der Waals surface area contributed by atoms with Crippen LogP contribution in [-0.2, 0) is 0 Å². The second-order valence-electron chi connectivity index (χ2n) is 6.56. The number of thiophene rings is 1. The standard InChI is InChI=1S/C21H23N3OS/c25-21(18-3-1-15(2-4-18)16-7-11-22-12-8-16)24-20-6-5-19(26-20)17-9-13-23-14-10-17/h1-7,9,22-23H,8,10-14H2,(H,24,25). The van der Waals surface area contributed by atoms with Gasteiger partial charge in [0.2, 0.25) is 0 Å². The van der Waals surface area contributed by atoms with E-state index in [9.17, 15) is 4.79 Å². The van der Waals surface area contributed by atoms with E-state index in [-0.39, 0.29) is 5.91 Å². The molecule has 0 saturated carbocycles. The molecule has 134 valence electrons. The van der Waals surface area contributed by atoms with E-state index in [1.807, 2.05) is 30.3 Å². The number of hydrogen-bond acceptors (Lipinski definition) is 4. The van der Waals surface area contributed by atoms with Crippen LogP contribution in [0.2, 0.25) is 0 Å². The molecule has 0 radical (unpaired) electrons. The molecule has 4 nitrogen and oxygen atoms in total. The Labute approximate surface area is 158 Å². The van der Waals surface area contributed by atoms with Crippen molar-refractivity contribution in [2.75, 3.05) is 31.5 Å². The van der Waals surface area contributed by atoms with Crippen molar-refractivity contribution in [2.45, 2.75) is 12.8 Å². The van der Waals surface area contributed by atoms with Gasteiger partial charge in [0.25, 0.3) is 5.91 Å². The highest BCUT2D eigenvalue weighted by Crippen LogP contribution is 2.30. The fraction of sp³-hybridized carbons (Fsp3) is 0.286. The number of benzene rings is 1. The molecule has 0 bridgehead atoms. The minimum absolute atomic E-state index is 0.0523. The molecule has 0 spiro atoms. The molecule has 2 aliphatic heterocycles. The molecule has 1 aromatic carbocycles. The molecule has 0 saturated heterocycles. The van der Waals surface area contributed by atoms with Crippen LogP contribution in [0.1, 0.15) is 33.6 Å². The summed E-state index contributed by atoms with van der Waals surface area (Å²) in [6, 6.07) is 12.0. The molecule has 1 amide bonds. The molecule has 0 atom stereocenters. The lowest BCUT2D eigenvalue weighted by Gasteiger charge is -2.14. The summed E-state index contributed by atoms with van der Waals surface area (Å²) in [7, 11) is 0. The van der Waals surface area contributed by atoms with E-state index in [0.29, 0.717) is 5.56 Å². The number of anilines is 1. The first-order valence-corrected chi connectivity index (χ1v) is 9.93. The van der Waals surface area contributed by atoms with Gasteiger partial charge in [-0.1, -0.05) is 24.3 Å². The largest absolute Gasteiger partial charge is 0.314 e. The van der Waals surface area contributed by atoms with Gasteiger partial charge < -0.3 is 16.0 Å². The molecule has 0 fully saturated rings. The van der Waals surface area contributed by atoms with Gasteiger partial charge in [-0.25, -0.2) is 0 Å². The first kappa shape index (κ1) is 17.2. The van der Waals surface area contributed by atoms with Crippen molar-refractivity contribution in [3.05, 3.63) is 64.6 Å². The Morgan fingerprint density at radius 1 is 0.885 bits per heavy atom. The van der Waals surface area contributed by atoms with E-state index in [1.54, 1.807) is 11.3 Å². The zero-order chi connectivity index (χ0) is 17.8. The third kappa shape index (κ3) is 3.96. The number of amides is 1. The summed E-state index contributed by atoms with van der Waals surface area (Å²) in [5, 5.41) is 10.6. The lowest BCUT2D eigenvalue weighted by molar-refractivity contribution is 0.102. The third-order valence-corrected chi connectivity index (χ3v) is 5.88. The molecule has 1 aromatic heterocycles. The van der Waals surface area contributed by atoms with Gasteiger partial charge in [-0.2, -0.15) is 0 Å². The minimum atomic E-state index is -0.0523. The van der Waals surface area contributed by atoms with Crippen molar-refractivity contribution in [2.24, 2.45) is 0 Å². The Morgan fingerprint density at radius 2 is 1.58 bits per heavy atom. The highest BCUT2D eigenvalue weighted by molar-refractivity contribution is 7.17. The van der Waals surface area contributed by atoms with Crippen molar-refractivity contribution >= 4 is 33.4 Å². The monoisotopic (exact) mass is 365 g/mol. The molecule has 5 heteroatoms. The van der Waals surface area contributed by atoms with Crippen LogP contribution < -0.4 is 16.0 Å². The van der Waals surface area contributed by atoms with Crippen LogP contribution in [0.25, 0.3) is 11.1 Å². The number of carbonyl (C=O) groups excluding carboxylic acids is 1. The fourth-order valence-electron chi connectivity index (χ4n) is 3.33. The summed E-state index contributed by atoms with van der Waals surface area (Å²) in [4.78, 5) is 13.8. The lowest BCUT2D eigenvalue weighted by Crippen LogP contribution is -2.20. The van der Waals surface area contributed by atoms with Gasteiger partial charge in [0.05, 0.1) is 5.00 Å². The minimum Gasteiger partial charge on any atom is -0.314 e. The summed E-state index contributed by atoms with van der Waals surface area (Å²) in [5.41, 5.74) is 4.63. The van der Waals surface area contributed by atoms with Gasteiger partial charge in [0.1, 0.15) is 0 Å². The fourth-order valence-corrected chi connectivity index (χ4v) is 4.30. The first-order chi connectivity index (χ1) is 12.8. The molecule has 2 aromatic rings. The van der Waals surface area contributed by atoms with Crippen LogP contribution in [0.3, 0.4) is 0 Å². The van der Waals surface area contributed by atoms with E-state index in [2.05, 4.69) is 34.2 Å². The van der Waals surface area contributed by atoms with Crippen LogP contribution in [0, 0.1) is 0 Å². The third-order valence-electron chi connectivity index (χ3n) is 4.80. The summed E-state index contributed by atoms with van der Waals surface area (Å²) in [6.45, 7) is 3.88.